The zero-order chi connectivity index (χ0) is 22.9. The third-order valence-electron chi connectivity index (χ3n) is 3.78. The monoisotopic (exact) mass is 428 g/mol. The van der Waals surface area contributed by atoms with Gasteiger partial charge in [0, 0.05) is 6.42 Å². The summed E-state index contributed by atoms with van der Waals surface area (Å²) in [5, 5.41) is 4.11. The molecule has 1 aromatic carbocycles. The van der Waals surface area contributed by atoms with E-state index < -0.39 is 41.6 Å². The molecule has 6 nitrogen and oxygen atoms in total. The van der Waals surface area contributed by atoms with Crippen LogP contribution in [0.25, 0.3) is 0 Å². The molecule has 2 atom stereocenters. The number of ether oxygens (including phenoxy) is 1. The molecule has 0 saturated carbocycles. The number of carbonyl (C=O) groups excluding carboxylic acids is 3. The molecule has 0 bridgehead atoms. The summed E-state index contributed by atoms with van der Waals surface area (Å²) in [6.07, 6.45) is -1.96. The van der Waals surface area contributed by atoms with Crippen LogP contribution in [0.3, 0.4) is 0 Å². The average molecular weight is 428 g/mol. The Hall–Kier alpha value is -2.84. The SMILES string of the molecule is C/C=C/C[C@@H](NC(=O)[C@H](Cc1ccccc1)NC(=O)C(F)(F)F)C(=O)OC(C)(C)C. The van der Waals surface area contributed by atoms with E-state index in [1.807, 2.05) is 0 Å². The van der Waals surface area contributed by atoms with Crippen molar-refractivity contribution in [2.45, 2.75) is 64.4 Å². The third kappa shape index (κ3) is 9.11. The predicted octanol–water partition coefficient (Wildman–Crippen LogP) is 3.07. The number of esters is 1. The van der Waals surface area contributed by atoms with Gasteiger partial charge in [0.1, 0.15) is 17.7 Å². The van der Waals surface area contributed by atoms with Gasteiger partial charge in [-0.05, 0) is 39.7 Å². The minimum atomic E-state index is -5.15. The zero-order valence-corrected chi connectivity index (χ0v) is 17.4. The van der Waals surface area contributed by atoms with Gasteiger partial charge in [-0.15, -0.1) is 0 Å². The highest BCUT2D eigenvalue weighted by Crippen LogP contribution is 2.16. The van der Waals surface area contributed by atoms with Crippen LogP contribution >= 0.6 is 0 Å². The van der Waals surface area contributed by atoms with Crippen molar-refractivity contribution in [3.8, 4) is 0 Å². The standard InChI is InChI=1S/C21H27F3N2O4/c1-5-6-12-15(18(28)30-20(2,3)4)25-17(27)16(26-19(29)21(22,23)24)13-14-10-8-7-9-11-14/h5-11,15-16H,12-13H2,1-4H3,(H,25,27)(H,26,29)/b6-5+/t15-,16+/m1/s1. The molecule has 1 rings (SSSR count). The molecule has 9 heteroatoms. The highest BCUT2D eigenvalue weighted by Gasteiger charge is 2.41. The number of alkyl halides is 3. The van der Waals surface area contributed by atoms with Gasteiger partial charge in [-0.2, -0.15) is 13.2 Å². The number of carbonyl (C=O) groups is 3. The van der Waals surface area contributed by atoms with Crippen LogP contribution in [0.1, 0.15) is 39.7 Å². The largest absolute Gasteiger partial charge is 0.471 e. The van der Waals surface area contributed by atoms with Gasteiger partial charge < -0.3 is 15.4 Å². The first kappa shape index (κ1) is 25.2. The molecule has 0 aliphatic carbocycles. The van der Waals surface area contributed by atoms with Crippen LogP contribution < -0.4 is 10.6 Å². The van der Waals surface area contributed by atoms with Gasteiger partial charge in [0.15, 0.2) is 0 Å². The molecule has 0 fully saturated rings. The lowest BCUT2D eigenvalue weighted by Crippen LogP contribution is -2.55. The minimum absolute atomic E-state index is 0.0857. The molecule has 0 spiro atoms. The van der Waals surface area contributed by atoms with Crippen molar-refractivity contribution in [2.24, 2.45) is 0 Å². The number of hydrogen-bond donors (Lipinski definition) is 2. The second-order valence-electron chi connectivity index (χ2n) is 7.61. The van der Waals surface area contributed by atoms with E-state index in [0.29, 0.717) is 5.56 Å². The Morgan fingerprint density at radius 3 is 2.13 bits per heavy atom. The maximum absolute atomic E-state index is 12.7. The summed E-state index contributed by atoms with van der Waals surface area (Å²) in [5.74, 6) is -3.88. The Balaban J connectivity index is 3.05. The van der Waals surface area contributed by atoms with Crippen molar-refractivity contribution in [3.63, 3.8) is 0 Å². The molecule has 2 N–H and O–H groups in total. The normalized spacial score (nSPS) is 14.1. The Labute approximate surface area is 173 Å². The summed E-state index contributed by atoms with van der Waals surface area (Å²) in [6.45, 7) is 6.68. The molecular formula is C21H27F3N2O4. The first-order valence-electron chi connectivity index (χ1n) is 9.39. The minimum Gasteiger partial charge on any atom is -0.458 e. The van der Waals surface area contributed by atoms with E-state index in [-0.39, 0.29) is 12.8 Å². The summed E-state index contributed by atoms with van der Waals surface area (Å²) in [5.41, 5.74) is -0.272. The summed E-state index contributed by atoms with van der Waals surface area (Å²) in [6, 6.07) is 5.61. The van der Waals surface area contributed by atoms with Crippen LogP contribution in [-0.4, -0.2) is 41.6 Å². The molecule has 166 valence electrons. The van der Waals surface area contributed by atoms with E-state index in [4.69, 9.17) is 4.74 Å². The van der Waals surface area contributed by atoms with Crippen LogP contribution in [-0.2, 0) is 25.5 Å². The van der Waals surface area contributed by atoms with E-state index >= 15 is 0 Å². The van der Waals surface area contributed by atoms with Crippen LogP contribution in [0.15, 0.2) is 42.5 Å². The molecule has 2 amide bonds. The lowest BCUT2D eigenvalue weighted by Gasteiger charge is -2.26. The topological polar surface area (TPSA) is 84.5 Å². The van der Waals surface area contributed by atoms with Crippen molar-refractivity contribution in [1.29, 1.82) is 0 Å². The number of hydrogen-bond acceptors (Lipinski definition) is 4. The van der Waals surface area contributed by atoms with Crippen molar-refractivity contribution in [1.82, 2.24) is 10.6 Å². The highest BCUT2D eigenvalue weighted by molar-refractivity contribution is 5.92. The molecule has 0 heterocycles. The van der Waals surface area contributed by atoms with Crippen LogP contribution in [0.4, 0.5) is 13.2 Å². The van der Waals surface area contributed by atoms with E-state index in [1.165, 1.54) is 0 Å². The number of amides is 2. The van der Waals surface area contributed by atoms with Crippen molar-refractivity contribution < 1.29 is 32.3 Å². The van der Waals surface area contributed by atoms with Crippen molar-refractivity contribution in [2.75, 3.05) is 0 Å². The Bertz CT molecular complexity index is 756. The number of halogens is 3. The van der Waals surface area contributed by atoms with Gasteiger partial charge in [0.05, 0.1) is 0 Å². The highest BCUT2D eigenvalue weighted by atomic mass is 19.4. The molecule has 1 aromatic rings. The second kappa shape index (κ2) is 10.8. The van der Waals surface area contributed by atoms with Crippen molar-refractivity contribution >= 4 is 17.8 Å². The van der Waals surface area contributed by atoms with Crippen LogP contribution in [0, 0.1) is 0 Å². The maximum atomic E-state index is 12.7. The average Bonchev–Trinajstić information content (AvgIpc) is 2.62. The molecule has 30 heavy (non-hydrogen) atoms. The van der Waals surface area contributed by atoms with E-state index in [1.54, 1.807) is 75.5 Å². The first-order chi connectivity index (χ1) is 13.8. The third-order valence-corrected chi connectivity index (χ3v) is 3.78. The van der Waals surface area contributed by atoms with E-state index in [0.717, 1.165) is 0 Å². The molecular weight excluding hydrogens is 401 g/mol. The summed E-state index contributed by atoms with van der Waals surface area (Å²) in [7, 11) is 0. The lowest BCUT2D eigenvalue weighted by atomic mass is 10.0. The van der Waals surface area contributed by atoms with Gasteiger partial charge in [-0.3, -0.25) is 9.59 Å². The Morgan fingerprint density at radius 1 is 1.03 bits per heavy atom. The maximum Gasteiger partial charge on any atom is 0.471 e. The number of benzene rings is 1. The van der Waals surface area contributed by atoms with Gasteiger partial charge in [0.25, 0.3) is 0 Å². The lowest BCUT2D eigenvalue weighted by molar-refractivity contribution is -0.174. The Morgan fingerprint density at radius 2 is 1.63 bits per heavy atom. The van der Waals surface area contributed by atoms with Crippen molar-refractivity contribution in [3.05, 3.63) is 48.0 Å². The van der Waals surface area contributed by atoms with Gasteiger partial charge in [-0.1, -0.05) is 42.5 Å². The molecule has 0 aromatic heterocycles. The van der Waals surface area contributed by atoms with Crippen LogP contribution in [0.5, 0.6) is 0 Å². The summed E-state index contributed by atoms with van der Waals surface area (Å²) < 4.78 is 43.5. The quantitative estimate of drug-likeness (QED) is 0.492. The molecule has 0 radical (unpaired) electrons. The summed E-state index contributed by atoms with van der Waals surface area (Å²) in [4.78, 5) is 36.6. The fraction of sp³-hybridized carbons (Fsp3) is 0.476. The molecule has 0 aliphatic rings. The number of allylic oxidation sites excluding steroid dienone is 1. The molecule has 0 unspecified atom stereocenters. The number of rotatable bonds is 8. The van der Waals surface area contributed by atoms with Gasteiger partial charge >= 0.3 is 18.1 Å². The van der Waals surface area contributed by atoms with E-state index in [2.05, 4.69) is 5.32 Å². The fourth-order valence-corrected chi connectivity index (χ4v) is 2.43. The molecule has 0 saturated heterocycles. The van der Waals surface area contributed by atoms with Gasteiger partial charge in [-0.25, -0.2) is 4.79 Å². The molecule has 0 aliphatic heterocycles. The Kier molecular flexibility index (Phi) is 9.07. The first-order valence-corrected chi connectivity index (χ1v) is 9.39. The smallest absolute Gasteiger partial charge is 0.458 e. The zero-order valence-electron chi connectivity index (χ0n) is 17.4. The van der Waals surface area contributed by atoms with E-state index in [9.17, 15) is 27.6 Å². The predicted molar refractivity (Wildman–Crippen MR) is 105 cm³/mol. The summed E-state index contributed by atoms with van der Waals surface area (Å²) >= 11 is 0. The second-order valence-corrected chi connectivity index (χ2v) is 7.61. The van der Waals surface area contributed by atoms with Crippen LogP contribution in [0.2, 0.25) is 0 Å². The number of nitrogens with one attached hydrogen (secondary N) is 2. The fourth-order valence-electron chi connectivity index (χ4n) is 2.43. The van der Waals surface area contributed by atoms with Gasteiger partial charge in [0.2, 0.25) is 5.91 Å².